The van der Waals surface area contributed by atoms with E-state index < -0.39 is 11.5 Å². The molecule has 1 aliphatic rings. The highest BCUT2D eigenvalue weighted by Gasteiger charge is 2.45. The molecule has 2 rings (SSSR count). The predicted octanol–water partition coefficient (Wildman–Crippen LogP) is 1.74. The van der Waals surface area contributed by atoms with E-state index in [1.807, 2.05) is 0 Å². The molecule has 0 amide bonds. The monoisotopic (exact) mass is 191 g/mol. The molecule has 2 nitrogen and oxygen atoms in total. The Kier molecular flexibility index (Phi) is 2.01. The molecular weight excluding hydrogens is 181 g/mol. The Labute approximate surface area is 81.6 Å². The van der Waals surface area contributed by atoms with Gasteiger partial charge < -0.3 is 5.11 Å². The Hall–Kier alpha value is -1.40. The number of aliphatic hydroxyl groups is 1. The predicted molar refractivity (Wildman–Crippen MR) is 48.9 cm³/mol. The third-order valence-electron chi connectivity index (χ3n) is 2.76. The van der Waals surface area contributed by atoms with E-state index in [0.717, 1.165) is 0 Å². The van der Waals surface area contributed by atoms with Crippen molar-refractivity contribution in [1.82, 2.24) is 0 Å². The fraction of sp³-hybridized carbons (Fsp3) is 0.364. The lowest BCUT2D eigenvalue weighted by molar-refractivity contribution is 0.0446. The molecule has 0 bridgehead atoms. The molecule has 72 valence electrons. The van der Waals surface area contributed by atoms with Crippen LogP contribution in [-0.4, -0.2) is 11.2 Å². The molecule has 1 aromatic carbocycles. The summed E-state index contributed by atoms with van der Waals surface area (Å²) >= 11 is 0. The molecule has 0 saturated heterocycles. The van der Waals surface area contributed by atoms with Gasteiger partial charge in [0.05, 0.1) is 17.6 Å². The summed E-state index contributed by atoms with van der Waals surface area (Å²) in [5.41, 5.74) is 0.00641. The average molecular weight is 191 g/mol. The van der Waals surface area contributed by atoms with Crippen LogP contribution < -0.4 is 0 Å². The molecular formula is C11H10FNO. The SMILES string of the molecule is N#CC1(c2cccc(F)c2)CC(O)C1. The van der Waals surface area contributed by atoms with E-state index in [4.69, 9.17) is 5.26 Å². The lowest BCUT2D eigenvalue weighted by Crippen LogP contribution is -2.43. The van der Waals surface area contributed by atoms with Crippen LogP contribution in [0.3, 0.4) is 0 Å². The molecule has 0 aromatic heterocycles. The molecule has 14 heavy (non-hydrogen) atoms. The van der Waals surface area contributed by atoms with E-state index in [0.29, 0.717) is 18.4 Å². The lowest BCUT2D eigenvalue weighted by atomic mass is 9.64. The Morgan fingerprint density at radius 1 is 1.50 bits per heavy atom. The first kappa shape index (κ1) is 9.17. The molecule has 1 fully saturated rings. The summed E-state index contributed by atoms with van der Waals surface area (Å²) in [7, 11) is 0. The Morgan fingerprint density at radius 3 is 2.71 bits per heavy atom. The van der Waals surface area contributed by atoms with Crippen LogP contribution in [0.15, 0.2) is 24.3 Å². The molecule has 1 N–H and O–H groups in total. The third-order valence-corrected chi connectivity index (χ3v) is 2.76. The van der Waals surface area contributed by atoms with Crippen molar-refractivity contribution in [3.05, 3.63) is 35.6 Å². The smallest absolute Gasteiger partial charge is 0.123 e. The molecule has 3 heteroatoms. The zero-order valence-corrected chi connectivity index (χ0v) is 7.57. The fourth-order valence-electron chi connectivity index (χ4n) is 1.92. The second-order valence-corrected chi connectivity index (χ2v) is 3.77. The Balaban J connectivity index is 2.35. The van der Waals surface area contributed by atoms with Crippen molar-refractivity contribution in [2.45, 2.75) is 24.4 Å². The zero-order chi connectivity index (χ0) is 10.2. The van der Waals surface area contributed by atoms with Crippen LogP contribution in [0.4, 0.5) is 4.39 Å². The standard InChI is InChI=1S/C11H10FNO/c12-9-3-1-2-8(4-9)11(7-13)5-10(14)6-11/h1-4,10,14H,5-6H2. The molecule has 0 heterocycles. The molecule has 1 saturated carbocycles. The van der Waals surface area contributed by atoms with Crippen LogP contribution in [0.2, 0.25) is 0 Å². The maximum Gasteiger partial charge on any atom is 0.123 e. The zero-order valence-electron chi connectivity index (χ0n) is 7.57. The van der Waals surface area contributed by atoms with Gasteiger partial charge >= 0.3 is 0 Å². The Bertz CT molecular complexity index is 391. The maximum absolute atomic E-state index is 12.9. The maximum atomic E-state index is 12.9. The van der Waals surface area contributed by atoms with Gasteiger partial charge in [0.2, 0.25) is 0 Å². The van der Waals surface area contributed by atoms with Crippen molar-refractivity contribution in [2.75, 3.05) is 0 Å². The minimum Gasteiger partial charge on any atom is -0.393 e. The van der Waals surface area contributed by atoms with Crippen molar-refractivity contribution in [2.24, 2.45) is 0 Å². The largest absolute Gasteiger partial charge is 0.393 e. The number of hydrogen-bond donors (Lipinski definition) is 1. The first-order chi connectivity index (χ1) is 6.66. The molecule has 0 aliphatic heterocycles. The van der Waals surface area contributed by atoms with E-state index in [9.17, 15) is 9.50 Å². The average Bonchev–Trinajstić information content (AvgIpc) is 2.12. The van der Waals surface area contributed by atoms with Gasteiger partial charge in [-0.05, 0) is 30.5 Å². The van der Waals surface area contributed by atoms with Crippen LogP contribution in [-0.2, 0) is 5.41 Å². The second kappa shape index (κ2) is 3.07. The number of aliphatic hydroxyl groups excluding tert-OH is 1. The van der Waals surface area contributed by atoms with Gasteiger partial charge in [0, 0.05) is 0 Å². The molecule has 0 radical (unpaired) electrons. The summed E-state index contributed by atoms with van der Waals surface area (Å²) in [5.74, 6) is -0.335. The fourth-order valence-corrected chi connectivity index (χ4v) is 1.92. The number of nitrogens with zero attached hydrogens (tertiary/aromatic N) is 1. The van der Waals surface area contributed by atoms with Crippen LogP contribution in [0.25, 0.3) is 0 Å². The number of rotatable bonds is 1. The van der Waals surface area contributed by atoms with Crippen LogP contribution in [0.1, 0.15) is 18.4 Å². The third kappa shape index (κ3) is 1.28. The van der Waals surface area contributed by atoms with Crippen molar-refractivity contribution < 1.29 is 9.50 Å². The van der Waals surface area contributed by atoms with Gasteiger partial charge in [0.25, 0.3) is 0 Å². The molecule has 0 unspecified atom stereocenters. The number of benzene rings is 1. The quantitative estimate of drug-likeness (QED) is 0.734. The summed E-state index contributed by atoms with van der Waals surface area (Å²) < 4.78 is 12.9. The van der Waals surface area contributed by atoms with Gasteiger partial charge in [-0.2, -0.15) is 5.26 Å². The molecule has 1 aliphatic carbocycles. The van der Waals surface area contributed by atoms with Gasteiger partial charge in [-0.1, -0.05) is 12.1 Å². The van der Waals surface area contributed by atoms with Gasteiger partial charge in [-0.15, -0.1) is 0 Å². The van der Waals surface area contributed by atoms with Gasteiger partial charge in [0.1, 0.15) is 5.82 Å². The highest BCUT2D eigenvalue weighted by Crippen LogP contribution is 2.43. The topological polar surface area (TPSA) is 44.0 Å². The Morgan fingerprint density at radius 2 is 2.21 bits per heavy atom. The first-order valence-electron chi connectivity index (χ1n) is 4.52. The molecule has 0 spiro atoms. The van der Waals surface area contributed by atoms with Crippen molar-refractivity contribution in [3.8, 4) is 6.07 Å². The summed E-state index contributed by atoms with van der Waals surface area (Å²) in [6, 6.07) is 8.21. The van der Waals surface area contributed by atoms with E-state index >= 15 is 0 Å². The minimum atomic E-state index is -0.665. The van der Waals surface area contributed by atoms with Gasteiger partial charge in [0.15, 0.2) is 0 Å². The van der Waals surface area contributed by atoms with E-state index in [1.54, 1.807) is 12.1 Å². The minimum absolute atomic E-state index is 0.335. The summed E-state index contributed by atoms with van der Waals surface area (Å²) in [6.07, 6.45) is 0.401. The number of hydrogen-bond acceptors (Lipinski definition) is 2. The first-order valence-corrected chi connectivity index (χ1v) is 4.52. The van der Waals surface area contributed by atoms with Crippen molar-refractivity contribution in [1.29, 1.82) is 5.26 Å². The highest BCUT2D eigenvalue weighted by atomic mass is 19.1. The van der Waals surface area contributed by atoms with Crippen LogP contribution in [0, 0.1) is 17.1 Å². The summed E-state index contributed by atoms with van der Waals surface area (Å²) in [5, 5.41) is 18.2. The summed E-state index contributed by atoms with van der Waals surface area (Å²) in [6.45, 7) is 0. The van der Waals surface area contributed by atoms with Crippen molar-refractivity contribution >= 4 is 0 Å². The number of nitriles is 1. The van der Waals surface area contributed by atoms with Crippen molar-refractivity contribution in [3.63, 3.8) is 0 Å². The van der Waals surface area contributed by atoms with E-state index in [-0.39, 0.29) is 5.82 Å². The van der Waals surface area contributed by atoms with E-state index in [1.165, 1.54) is 12.1 Å². The number of halogens is 1. The highest BCUT2D eigenvalue weighted by molar-refractivity contribution is 5.36. The van der Waals surface area contributed by atoms with Crippen LogP contribution in [0.5, 0.6) is 0 Å². The summed E-state index contributed by atoms with van der Waals surface area (Å²) in [4.78, 5) is 0. The van der Waals surface area contributed by atoms with E-state index in [2.05, 4.69) is 6.07 Å². The molecule has 1 aromatic rings. The van der Waals surface area contributed by atoms with Gasteiger partial charge in [-0.3, -0.25) is 0 Å². The van der Waals surface area contributed by atoms with Crippen LogP contribution >= 0.6 is 0 Å². The second-order valence-electron chi connectivity index (χ2n) is 3.77. The van der Waals surface area contributed by atoms with Gasteiger partial charge in [-0.25, -0.2) is 4.39 Å². The lowest BCUT2D eigenvalue weighted by Gasteiger charge is -2.40. The normalized spacial score (nSPS) is 30.5. The molecule has 0 atom stereocenters.